The summed E-state index contributed by atoms with van der Waals surface area (Å²) in [5, 5.41) is 13.8. The standard InChI is InChI=1S/C11H13N3O/c1-9(11(15)13-8-7-12)14-10-5-3-2-4-6-10/h2-6,9,14H,8H2,1H3,(H,13,15). The van der Waals surface area contributed by atoms with E-state index in [2.05, 4.69) is 10.6 Å². The van der Waals surface area contributed by atoms with Crippen molar-refractivity contribution >= 4 is 11.6 Å². The molecule has 0 radical (unpaired) electrons. The molecule has 0 spiro atoms. The van der Waals surface area contributed by atoms with Crippen LogP contribution in [0.5, 0.6) is 0 Å². The van der Waals surface area contributed by atoms with Crippen LogP contribution >= 0.6 is 0 Å². The first kappa shape index (κ1) is 11.1. The van der Waals surface area contributed by atoms with Crippen molar-refractivity contribution in [2.24, 2.45) is 0 Å². The fourth-order valence-electron chi connectivity index (χ4n) is 1.13. The summed E-state index contributed by atoms with van der Waals surface area (Å²) in [7, 11) is 0. The summed E-state index contributed by atoms with van der Waals surface area (Å²) in [6.45, 7) is 1.79. The van der Waals surface area contributed by atoms with E-state index in [9.17, 15) is 4.79 Å². The molecule has 4 nitrogen and oxygen atoms in total. The lowest BCUT2D eigenvalue weighted by atomic mass is 10.2. The van der Waals surface area contributed by atoms with E-state index in [4.69, 9.17) is 5.26 Å². The zero-order valence-corrected chi connectivity index (χ0v) is 8.53. The molecule has 0 aromatic heterocycles. The number of hydrogen-bond acceptors (Lipinski definition) is 3. The number of carbonyl (C=O) groups excluding carboxylic acids is 1. The van der Waals surface area contributed by atoms with Gasteiger partial charge < -0.3 is 10.6 Å². The minimum Gasteiger partial charge on any atom is -0.374 e. The van der Waals surface area contributed by atoms with Crippen LogP contribution in [0.3, 0.4) is 0 Å². The molecule has 0 aliphatic carbocycles. The van der Waals surface area contributed by atoms with Gasteiger partial charge in [-0.1, -0.05) is 18.2 Å². The van der Waals surface area contributed by atoms with Gasteiger partial charge in [0.05, 0.1) is 6.07 Å². The number of nitrogens with zero attached hydrogens (tertiary/aromatic N) is 1. The molecule has 0 fully saturated rings. The van der Waals surface area contributed by atoms with Crippen LogP contribution < -0.4 is 10.6 Å². The molecule has 1 rings (SSSR count). The Balaban J connectivity index is 2.46. The van der Waals surface area contributed by atoms with Gasteiger partial charge in [-0.05, 0) is 19.1 Å². The lowest BCUT2D eigenvalue weighted by Crippen LogP contribution is -2.37. The summed E-state index contributed by atoms with van der Waals surface area (Å²) in [5.74, 6) is -0.180. The molecule has 0 aliphatic rings. The Hall–Kier alpha value is -2.02. The minimum absolute atomic E-state index is 0.0413. The van der Waals surface area contributed by atoms with Crippen molar-refractivity contribution in [3.63, 3.8) is 0 Å². The predicted octanol–water partition coefficient (Wildman–Crippen LogP) is 1.13. The second-order valence-corrected chi connectivity index (χ2v) is 3.11. The quantitative estimate of drug-likeness (QED) is 0.721. The van der Waals surface area contributed by atoms with Crippen LogP contribution in [0.15, 0.2) is 30.3 Å². The maximum atomic E-state index is 11.4. The van der Waals surface area contributed by atoms with E-state index in [0.29, 0.717) is 0 Å². The average Bonchev–Trinajstić information content (AvgIpc) is 2.27. The molecule has 1 aromatic rings. The molecule has 0 saturated heterocycles. The Bertz CT molecular complexity index is 356. The Morgan fingerprint density at radius 1 is 1.47 bits per heavy atom. The number of hydrogen-bond donors (Lipinski definition) is 2. The van der Waals surface area contributed by atoms with Crippen molar-refractivity contribution in [3.8, 4) is 6.07 Å². The third-order valence-corrected chi connectivity index (χ3v) is 1.89. The number of nitrogens with one attached hydrogen (secondary N) is 2. The van der Waals surface area contributed by atoms with E-state index in [1.807, 2.05) is 36.4 Å². The Labute approximate surface area is 88.9 Å². The topological polar surface area (TPSA) is 64.9 Å². The summed E-state index contributed by atoms with van der Waals surface area (Å²) in [5.41, 5.74) is 0.886. The number of rotatable bonds is 4. The molecule has 0 saturated carbocycles. The van der Waals surface area contributed by atoms with E-state index in [-0.39, 0.29) is 18.5 Å². The zero-order chi connectivity index (χ0) is 11.1. The van der Waals surface area contributed by atoms with Crippen LogP contribution in [-0.2, 0) is 4.79 Å². The maximum absolute atomic E-state index is 11.4. The zero-order valence-electron chi connectivity index (χ0n) is 8.53. The average molecular weight is 203 g/mol. The molecule has 78 valence electrons. The monoisotopic (exact) mass is 203 g/mol. The molecule has 0 heterocycles. The van der Waals surface area contributed by atoms with Crippen molar-refractivity contribution < 1.29 is 4.79 Å². The summed E-state index contributed by atoms with van der Waals surface area (Å²) in [6, 6.07) is 11.0. The number of anilines is 1. The van der Waals surface area contributed by atoms with E-state index >= 15 is 0 Å². The smallest absolute Gasteiger partial charge is 0.243 e. The second kappa shape index (κ2) is 5.66. The summed E-state index contributed by atoms with van der Waals surface area (Å²) in [6.07, 6.45) is 0. The third-order valence-electron chi connectivity index (χ3n) is 1.89. The van der Waals surface area contributed by atoms with Crippen LogP contribution in [-0.4, -0.2) is 18.5 Å². The van der Waals surface area contributed by atoms with E-state index in [1.165, 1.54) is 0 Å². The first-order valence-electron chi connectivity index (χ1n) is 4.70. The molecule has 15 heavy (non-hydrogen) atoms. The Morgan fingerprint density at radius 3 is 2.73 bits per heavy atom. The number of carbonyl (C=O) groups is 1. The first-order valence-corrected chi connectivity index (χ1v) is 4.70. The van der Waals surface area contributed by atoms with Crippen molar-refractivity contribution in [3.05, 3.63) is 30.3 Å². The largest absolute Gasteiger partial charge is 0.374 e. The van der Waals surface area contributed by atoms with Gasteiger partial charge in [0.1, 0.15) is 12.6 Å². The summed E-state index contributed by atoms with van der Waals surface area (Å²) < 4.78 is 0. The Morgan fingerprint density at radius 2 is 2.13 bits per heavy atom. The predicted molar refractivity (Wildman–Crippen MR) is 58.1 cm³/mol. The lowest BCUT2D eigenvalue weighted by molar-refractivity contribution is -0.121. The SMILES string of the molecule is CC(Nc1ccccc1)C(=O)NCC#N. The first-order chi connectivity index (χ1) is 7.24. The van der Waals surface area contributed by atoms with Crippen molar-refractivity contribution in [1.82, 2.24) is 5.32 Å². The van der Waals surface area contributed by atoms with Crippen molar-refractivity contribution in [1.29, 1.82) is 5.26 Å². The van der Waals surface area contributed by atoms with Gasteiger partial charge in [-0.15, -0.1) is 0 Å². The van der Waals surface area contributed by atoms with Crippen LogP contribution in [0, 0.1) is 11.3 Å². The fraction of sp³-hybridized carbons (Fsp3) is 0.273. The fourth-order valence-corrected chi connectivity index (χ4v) is 1.13. The second-order valence-electron chi connectivity index (χ2n) is 3.11. The number of amides is 1. The summed E-state index contributed by atoms with van der Waals surface area (Å²) >= 11 is 0. The lowest BCUT2D eigenvalue weighted by Gasteiger charge is -2.13. The van der Waals surface area contributed by atoms with Gasteiger partial charge >= 0.3 is 0 Å². The molecular formula is C11H13N3O. The van der Waals surface area contributed by atoms with Crippen molar-refractivity contribution in [2.45, 2.75) is 13.0 Å². The van der Waals surface area contributed by atoms with Gasteiger partial charge in [0.15, 0.2) is 0 Å². The summed E-state index contributed by atoms with van der Waals surface area (Å²) in [4.78, 5) is 11.4. The molecule has 2 N–H and O–H groups in total. The van der Waals surface area contributed by atoms with Gasteiger partial charge in [0.25, 0.3) is 0 Å². The Kier molecular flexibility index (Phi) is 4.17. The van der Waals surface area contributed by atoms with Crippen molar-refractivity contribution in [2.75, 3.05) is 11.9 Å². The van der Waals surface area contributed by atoms with Crippen LogP contribution in [0.2, 0.25) is 0 Å². The van der Waals surface area contributed by atoms with E-state index < -0.39 is 0 Å². The highest BCUT2D eigenvalue weighted by Gasteiger charge is 2.10. The molecular weight excluding hydrogens is 190 g/mol. The highest BCUT2D eigenvalue weighted by molar-refractivity contribution is 5.84. The van der Waals surface area contributed by atoms with Gasteiger partial charge in [0.2, 0.25) is 5.91 Å². The van der Waals surface area contributed by atoms with Gasteiger partial charge in [0, 0.05) is 5.69 Å². The number of benzene rings is 1. The number of nitriles is 1. The number of para-hydroxylation sites is 1. The minimum atomic E-state index is -0.347. The highest BCUT2D eigenvalue weighted by atomic mass is 16.2. The molecule has 0 bridgehead atoms. The van der Waals surface area contributed by atoms with Gasteiger partial charge in [-0.25, -0.2) is 0 Å². The highest BCUT2D eigenvalue weighted by Crippen LogP contribution is 2.06. The molecule has 1 amide bonds. The van der Waals surface area contributed by atoms with Crippen LogP contribution in [0.1, 0.15) is 6.92 Å². The molecule has 1 unspecified atom stereocenters. The normalized spacial score (nSPS) is 11.2. The molecule has 1 atom stereocenters. The van der Waals surface area contributed by atoms with E-state index in [0.717, 1.165) is 5.69 Å². The van der Waals surface area contributed by atoms with Gasteiger partial charge in [-0.3, -0.25) is 4.79 Å². The van der Waals surface area contributed by atoms with Crippen LogP contribution in [0.25, 0.3) is 0 Å². The molecule has 4 heteroatoms. The maximum Gasteiger partial charge on any atom is 0.243 e. The molecule has 1 aromatic carbocycles. The van der Waals surface area contributed by atoms with Gasteiger partial charge in [-0.2, -0.15) is 5.26 Å². The third kappa shape index (κ3) is 3.69. The van der Waals surface area contributed by atoms with E-state index in [1.54, 1.807) is 6.92 Å². The molecule has 0 aliphatic heterocycles. The van der Waals surface area contributed by atoms with Crippen LogP contribution in [0.4, 0.5) is 5.69 Å².